The highest BCUT2D eigenvalue weighted by Gasteiger charge is 2.13. The van der Waals surface area contributed by atoms with Crippen LogP contribution in [-0.4, -0.2) is 30.4 Å². The smallest absolute Gasteiger partial charge is 0.239 e. The molecule has 0 saturated heterocycles. The van der Waals surface area contributed by atoms with E-state index in [-0.39, 0.29) is 36.8 Å². The number of halogens is 1. The van der Waals surface area contributed by atoms with Crippen molar-refractivity contribution in [2.75, 3.05) is 6.54 Å². The Kier molecular flexibility index (Phi) is 10.3. The van der Waals surface area contributed by atoms with E-state index in [0.717, 1.165) is 6.42 Å². The highest BCUT2D eigenvalue weighted by atomic mass is 35.5. The Hall–Kier alpha value is -0.810. The number of nitrogens with one attached hydrogen (secondary N) is 2. The van der Waals surface area contributed by atoms with Gasteiger partial charge in [-0.2, -0.15) is 0 Å². The van der Waals surface area contributed by atoms with E-state index in [9.17, 15) is 9.59 Å². The topological polar surface area (TPSA) is 84.2 Å². The highest BCUT2D eigenvalue weighted by molar-refractivity contribution is 5.87. The molecule has 1 atom stereocenters. The molecule has 0 radical (unpaired) electrons. The van der Waals surface area contributed by atoms with Crippen LogP contribution >= 0.6 is 12.4 Å². The van der Waals surface area contributed by atoms with Crippen molar-refractivity contribution in [1.82, 2.24) is 10.6 Å². The predicted octanol–water partition coefficient (Wildman–Crippen LogP) is 0.176. The first-order valence-corrected chi connectivity index (χ1v) is 5.30. The molecule has 0 aromatic heterocycles. The Labute approximate surface area is 103 Å². The van der Waals surface area contributed by atoms with Gasteiger partial charge in [-0.25, -0.2) is 0 Å². The molecule has 4 N–H and O–H groups in total. The van der Waals surface area contributed by atoms with Crippen LogP contribution < -0.4 is 16.4 Å². The lowest BCUT2D eigenvalue weighted by Crippen LogP contribution is -2.45. The molecule has 6 heteroatoms. The van der Waals surface area contributed by atoms with Gasteiger partial charge in [-0.3, -0.25) is 9.59 Å². The third-order valence-electron chi connectivity index (χ3n) is 1.81. The van der Waals surface area contributed by atoms with Gasteiger partial charge in [0.05, 0.1) is 12.6 Å². The summed E-state index contributed by atoms with van der Waals surface area (Å²) in [5.41, 5.74) is 5.57. The Morgan fingerprint density at radius 3 is 2.31 bits per heavy atom. The van der Waals surface area contributed by atoms with Crippen LogP contribution in [0.3, 0.4) is 0 Å². The van der Waals surface area contributed by atoms with Crippen LogP contribution in [0.5, 0.6) is 0 Å². The van der Waals surface area contributed by atoms with E-state index in [1.807, 2.05) is 20.8 Å². The molecule has 96 valence electrons. The second-order valence-corrected chi connectivity index (χ2v) is 3.84. The fourth-order valence-corrected chi connectivity index (χ4v) is 1.11. The van der Waals surface area contributed by atoms with Gasteiger partial charge in [-0.15, -0.1) is 12.4 Å². The van der Waals surface area contributed by atoms with Gasteiger partial charge in [0.25, 0.3) is 0 Å². The molecule has 0 bridgehead atoms. The maximum absolute atomic E-state index is 11.3. The number of carbonyl (C=O) groups excluding carboxylic acids is 2. The van der Waals surface area contributed by atoms with Crippen LogP contribution in [0, 0.1) is 0 Å². The van der Waals surface area contributed by atoms with Gasteiger partial charge in [0.1, 0.15) is 0 Å². The second kappa shape index (κ2) is 9.42. The fourth-order valence-electron chi connectivity index (χ4n) is 1.11. The van der Waals surface area contributed by atoms with Gasteiger partial charge in [0.15, 0.2) is 0 Å². The van der Waals surface area contributed by atoms with Gasteiger partial charge < -0.3 is 16.4 Å². The first-order valence-electron chi connectivity index (χ1n) is 5.30. The van der Waals surface area contributed by atoms with Gasteiger partial charge in [0.2, 0.25) is 11.8 Å². The van der Waals surface area contributed by atoms with E-state index >= 15 is 0 Å². The van der Waals surface area contributed by atoms with Crippen molar-refractivity contribution in [2.24, 2.45) is 5.73 Å². The lowest BCUT2D eigenvalue weighted by Gasteiger charge is -2.12. The predicted molar refractivity (Wildman–Crippen MR) is 66.4 cm³/mol. The lowest BCUT2D eigenvalue weighted by atomic mass is 10.2. The molecular weight excluding hydrogens is 230 g/mol. The molecule has 0 heterocycles. The van der Waals surface area contributed by atoms with Crippen molar-refractivity contribution in [3.05, 3.63) is 0 Å². The average molecular weight is 252 g/mol. The summed E-state index contributed by atoms with van der Waals surface area (Å²) in [5.74, 6) is -0.460. The van der Waals surface area contributed by atoms with Crippen molar-refractivity contribution in [1.29, 1.82) is 0 Å². The molecule has 0 saturated carbocycles. The van der Waals surface area contributed by atoms with Crippen molar-refractivity contribution in [3.63, 3.8) is 0 Å². The summed E-state index contributed by atoms with van der Waals surface area (Å²) in [7, 11) is 0. The van der Waals surface area contributed by atoms with Crippen LogP contribution in [0.2, 0.25) is 0 Å². The van der Waals surface area contributed by atoms with Crippen LogP contribution in [0.4, 0.5) is 0 Å². The third-order valence-corrected chi connectivity index (χ3v) is 1.81. The molecule has 0 aliphatic carbocycles. The Bertz CT molecular complexity index is 222. The van der Waals surface area contributed by atoms with Crippen molar-refractivity contribution in [2.45, 2.75) is 45.7 Å². The highest BCUT2D eigenvalue weighted by Crippen LogP contribution is 1.92. The van der Waals surface area contributed by atoms with Crippen LogP contribution in [0.25, 0.3) is 0 Å². The number of hydrogen-bond donors (Lipinski definition) is 3. The molecular formula is C10H22ClN3O2. The Morgan fingerprint density at radius 1 is 1.31 bits per heavy atom. The number of carbonyl (C=O) groups is 2. The normalized spacial score (nSPS) is 11.6. The Balaban J connectivity index is 0. The summed E-state index contributed by atoms with van der Waals surface area (Å²) in [6, 6.07) is -0.430. The summed E-state index contributed by atoms with van der Waals surface area (Å²) in [6.45, 7) is 5.68. The molecule has 0 aromatic rings. The van der Waals surface area contributed by atoms with Gasteiger partial charge in [-0.1, -0.05) is 13.3 Å². The van der Waals surface area contributed by atoms with Gasteiger partial charge >= 0.3 is 0 Å². The van der Waals surface area contributed by atoms with E-state index in [1.165, 1.54) is 0 Å². The minimum atomic E-state index is -0.512. The maximum Gasteiger partial charge on any atom is 0.239 e. The molecule has 0 aliphatic heterocycles. The molecule has 0 rings (SSSR count). The molecule has 5 nitrogen and oxygen atoms in total. The lowest BCUT2D eigenvalue weighted by molar-refractivity contribution is -0.127. The largest absolute Gasteiger partial charge is 0.352 e. The van der Waals surface area contributed by atoms with E-state index in [2.05, 4.69) is 10.6 Å². The number of hydrogen-bond acceptors (Lipinski definition) is 3. The summed E-state index contributed by atoms with van der Waals surface area (Å²) < 4.78 is 0. The molecule has 0 spiro atoms. The first kappa shape index (κ1) is 17.6. The average Bonchev–Trinajstić information content (AvgIpc) is 2.13. The monoisotopic (exact) mass is 251 g/mol. The fraction of sp³-hybridized carbons (Fsp3) is 0.800. The molecule has 0 aliphatic rings. The van der Waals surface area contributed by atoms with Crippen LogP contribution in [0.15, 0.2) is 0 Å². The van der Waals surface area contributed by atoms with Gasteiger partial charge in [-0.05, 0) is 20.3 Å². The molecule has 2 amide bonds. The summed E-state index contributed by atoms with van der Waals surface area (Å²) >= 11 is 0. The maximum atomic E-state index is 11.3. The zero-order chi connectivity index (χ0) is 11.8. The van der Waals surface area contributed by atoms with Crippen molar-refractivity contribution in [3.8, 4) is 0 Å². The molecule has 0 aromatic carbocycles. The van der Waals surface area contributed by atoms with E-state index in [4.69, 9.17) is 5.73 Å². The van der Waals surface area contributed by atoms with Crippen LogP contribution in [-0.2, 0) is 9.59 Å². The van der Waals surface area contributed by atoms with Gasteiger partial charge in [0, 0.05) is 6.04 Å². The summed E-state index contributed by atoms with van der Waals surface area (Å²) in [4.78, 5) is 22.5. The number of nitrogens with two attached hydrogens (primary N) is 1. The second-order valence-electron chi connectivity index (χ2n) is 3.84. The zero-order valence-corrected chi connectivity index (χ0v) is 10.9. The van der Waals surface area contributed by atoms with E-state index in [1.54, 1.807) is 0 Å². The Morgan fingerprint density at radius 2 is 1.88 bits per heavy atom. The first-order chi connectivity index (χ1) is 6.97. The SMILES string of the molecule is CCCC(N)C(=O)NCC(=O)NC(C)C.Cl. The molecule has 1 unspecified atom stereocenters. The van der Waals surface area contributed by atoms with Crippen molar-refractivity contribution < 1.29 is 9.59 Å². The molecule has 0 fully saturated rings. The minimum Gasteiger partial charge on any atom is -0.352 e. The number of amides is 2. The van der Waals surface area contributed by atoms with E-state index < -0.39 is 6.04 Å². The molecule has 16 heavy (non-hydrogen) atoms. The standard InChI is InChI=1S/C10H21N3O2.ClH/c1-4-5-8(11)10(15)12-6-9(14)13-7(2)3;/h7-8H,4-6,11H2,1-3H3,(H,12,15)(H,13,14);1H. The van der Waals surface area contributed by atoms with Crippen LogP contribution in [0.1, 0.15) is 33.6 Å². The summed E-state index contributed by atoms with van der Waals surface area (Å²) in [5, 5.41) is 5.17. The quantitative estimate of drug-likeness (QED) is 0.630. The summed E-state index contributed by atoms with van der Waals surface area (Å²) in [6.07, 6.45) is 1.49. The minimum absolute atomic E-state index is 0. The number of rotatable bonds is 6. The zero-order valence-electron chi connectivity index (χ0n) is 10.1. The third kappa shape index (κ3) is 8.49. The van der Waals surface area contributed by atoms with Crippen molar-refractivity contribution >= 4 is 24.2 Å². The van der Waals surface area contributed by atoms with E-state index in [0.29, 0.717) is 6.42 Å².